The van der Waals surface area contributed by atoms with Gasteiger partial charge in [0.2, 0.25) is 0 Å². The van der Waals surface area contributed by atoms with Gasteiger partial charge < -0.3 is 10.1 Å². The Morgan fingerprint density at radius 2 is 2.00 bits per heavy atom. The number of halogens is 1. The summed E-state index contributed by atoms with van der Waals surface area (Å²) >= 11 is 6.16. The van der Waals surface area contributed by atoms with E-state index in [1.165, 1.54) is 0 Å². The highest BCUT2D eigenvalue weighted by Gasteiger charge is 2.10. The first kappa shape index (κ1) is 17.9. The highest BCUT2D eigenvalue weighted by atomic mass is 35.5. The molecular weight excluding hydrogens is 352 g/mol. The molecule has 0 aliphatic heterocycles. The first-order chi connectivity index (χ1) is 12.5. The van der Waals surface area contributed by atoms with Crippen LogP contribution in [0.25, 0.3) is 0 Å². The quantitative estimate of drug-likeness (QED) is 0.720. The number of hydrogen-bond donors (Lipinski definition) is 1. The van der Waals surface area contributed by atoms with E-state index in [1.807, 2.05) is 44.2 Å². The Kier molecular flexibility index (Phi) is 5.53. The molecule has 3 rings (SSSR count). The van der Waals surface area contributed by atoms with Gasteiger partial charge in [-0.2, -0.15) is 5.10 Å². The number of hydrogen-bond acceptors (Lipinski definition) is 4. The number of ether oxygens (including phenoxy) is 1. The molecule has 6 nitrogen and oxygen atoms in total. The van der Waals surface area contributed by atoms with Crippen molar-refractivity contribution in [3.63, 3.8) is 0 Å². The molecule has 1 aromatic carbocycles. The molecule has 26 heavy (non-hydrogen) atoms. The molecule has 0 aliphatic carbocycles. The number of rotatable bonds is 6. The summed E-state index contributed by atoms with van der Waals surface area (Å²) < 4.78 is 7.30. The van der Waals surface area contributed by atoms with Crippen LogP contribution in [0.1, 0.15) is 27.3 Å². The molecule has 1 N–H and O–H groups in total. The van der Waals surface area contributed by atoms with Gasteiger partial charge in [0.15, 0.2) is 6.73 Å². The summed E-state index contributed by atoms with van der Waals surface area (Å²) in [5, 5.41) is 7.76. The Morgan fingerprint density at radius 3 is 2.69 bits per heavy atom. The largest absolute Gasteiger partial charge is 0.471 e. The maximum Gasteiger partial charge on any atom is 0.272 e. The second-order valence-corrected chi connectivity index (χ2v) is 6.27. The Morgan fingerprint density at radius 1 is 1.23 bits per heavy atom. The molecule has 0 radical (unpaired) electrons. The first-order valence-electron chi connectivity index (χ1n) is 8.14. The number of amides is 1. The van der Waals surface area contributed by atoms with Gasteiger partial charge in [0.25, 0.3) is 5.91 Å². The molecule has 2 heterocycles. The van der Waals surface area contributed by atoms with Crippen molar-refractivity contribution in [2.75, 3.05) is 0 Å². The monoisotopic (exact) mass is 370 g/mol. The Balaban J connectivity index is 1.57. The molecule has 3 aromatic rings. The van der Waals surface area contributed by atoms with Crippen molar-refractivity contribution in [3.05, 3.63) is 76.3 Å². The lowest BCUT2D eigenvalue weighted by atomic mass is 10.1. The van der Waals surface area contributed by atoms with E-state index in [1.54, 1.807) is 23.1 Å². The molecule has 0 saturated carbocycles. The van der Waals surface area contributed by atoms with Crippen molar-refractivity contribution in [2.24, 2.45) is 0 Å². The van der Waals surface area contributed by atoms with Gasteiger partial charge in [-0.05, 0) is 55.3 Å². The van der Waals surface area contributed by atoms with E-state index in [9.17, 15) is 4.79 Å². The molecule has 0 aliphatic rings. The van der Waals surface area contributed by atoms with Crippen LogP contribution in [0.3, 0.4) is 0 Å². The molecule has 134 valence electrons. The molecule has 0 spiro atoms. The summed E-state index contributed by atoms with van der Waals surface area (Å²) in [7, 11) is 0. The first-order valence-corrected chi connectivity index (χ1v) is 8.52. The lowest BCUT2D eigenvalue weighted by Gasteiger charge is -2.10. The van der Waals surface area contributed by atoms with E-state index >= 15 is 0 Å². The second-order valence-electron chi connectivity index (χ2n) is 5.89. The highest BCUT2D eigenvalue weighted by Crippen LogP contribution is 2.25. The van der Waals surface area contributed by atoms with Gasteiger partial charge in [0.05, 0.1) is 12.2 Å². The zero-order valence-corrected chi connectivity index (χ0v) is 15.3. The standard InChI is InChI=1S/C19H19ClN4O2/c1-13-9-16(10-14(2)18(13)20)26-12-24-8-6-17(23-24)19(25)22-11-15-5-3-4-7-21-15/h3-10H,11-12H2,1-2H3,(H,22,25). The molecule has 0 bridgehead atoms. The van der Waals surface area contributed by atoms with Crippen molar-refractivity contribution in [2.45, 2.75) is 27.1 Å². The number of carbonyl (C=O) groups is 1. The van der Waals surface area contributed by atoms with Gasteiger partial charge in [0, 0.05) is 17.4 Å². The maximum atomic E-state index is 12.2. The predicted octanol–water partition coefficient (Wildman–Crippen LogP) is 3.51. The van der Waals surface area contributed by atoms with Crippen LogP contribution in [0, 0.1) is 13.8 Å². The van der Waals surface area contributed by atoms with Crippen LogP contribution in [0.4, 0.5) is 0 Å². The van der Waals surface area contributed by atoms with E-state index in [0.717, 1.165) is 21.8 Å². The average Bonchev–Trinajstić information content (AvgIpc) is 3.12. The maximum absolute atomic E-state index is 12.2. The van der Waals surface area contributed by atoms with E-state index in [-0.39, 0.29) is 12.6 Å². The van der Waals surface area contributed by atoms with Crippen LogP contribution in [-0.2, 0) is 13.3 Å². The number of aromatic nitrogens is 3. The van der Waals surface area contributed by atoms with Gasteiger partial charge in [-0.3, -0.25) is 9.78 Å². The van der Waals surface area contributed by atoms with Crippen LogP contribution < -0.4 is 10.1 Å². The van der Waals surface area contributed by atoms with Crippen LogP contribution >= 0.6 is 11.6 Å². The van der Waals surface area contributed by atoms with Crippen molar-refractivity contribution >= 4 is 17.5 Å². The Labute approximate surface area is 156 Å². The number of pyridine rings is 1. The number of nitrogens with one attached hydrogen (secondary N) is 1. The Hall–Kier alpha value is -2.86. The lowest BCUT2D eigenvalue weighted by molar-refractivity contribution is 0.0943. The minimum absolute atomic E-state index is 0.202. The fourth-order valence-electron chi connectivity index (χ4n) is 2.45. The smallest absolute Gasteiger partial charge is 0.272 e. The zero-order valence-electron chi connectivity index (χ0n) is 14.6. The molecule has 0 atom stereocenters. The fraction of sp³-hybridized carbons (Fsp3) is 0.211. The molecule has 0 fully saturated rings. The minimum Gasteiger partial charge on any atom is -0.471 e. The molecular formula is C19H19ClN4O2. The van der Waals surface area contributed by atoms with Gasteiger partial charge in [-0.1, -0.05) is 17.7 Å². The van der Waals surface area contributed by atoms with Gasteiger partial charge in [-0.25, -0.2) is 4.68 Å². The Bertz CT molecular complexity index is 886. The SMILES string of the molecule is Cc1cc(OCn2ccc(C(=O)NCc3ccccn3)n2)cc(C)c1Cl. The normalized spacial score (nSPS) is 10.6. The fourth-order valence-corrected chi connectivity index (χ4v) is 2.56. The van der Waals surface area contributed by atoms with Crippen LogP contribution in [-0.4, -0.2) is 20.7 Å². The third kappa shape index (κ3) is 4.40. The van der Waals surface area contributed by atoms with E-state index in [4.69, 9.17) is 16.3 Å². The number of carbonyl (C=O) groups excluding carboxylic acids is 1. The van der Waals surface area contributed by atoms with Crippen molar-refractivity contribution in [1.29, 1.82) is 0 Å². The van der Waals surface area contributed by atoms with E-state index in [0.29, 0.717) is 18.0 Å². The van der Waals surface area contributed by atoms with Crippen molar-refractivity contribution in [3.8, 4) is 5.75 Å². The molecule has 7 heteroatoms. The summed E-state index contributed by atoms with van der Waals surface area (Å²) in [6.07, 6.45) is 3.39. The molecule has 0 unspecified atom stereocenters. The van der Waals surface area contributed by atoms with Crippen LogP contribution in [0.15, 0.2) is 48.8 Å². The second kappa shape index (κ2) is 8.01. The van der Waals surface area contributed by atoms with Crippen LogP contribution in [0.2, 0.25) is 5.02 Å². The average molecular weight is 371 g/mol. The predicted molar refractivity (Wildman–Crippen MR) is 99.2 cm³/mol. The van der Waals surface area contributed by atoms with E-state index < -0.39 is 0 Å². The van der Waals surface area contributed by atoms with Gasteiger partial charge in [0.1, 0.15) is 11.4 Å². The van der Waals surface area contributed by atoms with Crippen LogP contribution in [0.5, 0.6) is 5.75 Å². The molecule has 0 saturated heterocycles. The third-order valence-corrected chi connectivity index (χ3v) is 4.40. The van der Waals surface area contributed by atoms with Crippen molar-refractivity contribution in [1.82, 2.24) is 20.1 Å². The number of aryl methyl sites for hydroxylation is 2. The summed E-state index contributed by atoms with van der Waals surface area (Å²) in [6, 6.07) is 11.0. The highest BCUT2D eigenvalue weighted by molar-refractivity contribution is 6.32. The summed E-state index contributed by atoms with van der Waals surface area (Å²) in [6.45, 7) is 4.42. The lowest BCUT2D eigenvalue weighted by Crippen LogP contribution is -2.24. The number of nitrogens with zero attached hydrogens (tertiary/aromatic N) is 3. The zero-order chi connectivity index (χ0) is 18.5. The van der Waals surface area contributed by atoms with Gasteiger partial charge in [-0.15, -0.1) is 0 Å². The topological polar surface area (TPSA) is 69.0 Å². The molecule has 1 amide bonds. The summed E-state index contributed by atoms with van der Waals surface area (Å²) in [5.74, 6) is 0.452. The van der Waals surface area contributed by atoms with Gasteiger partial charge >= 0.3 is 0 Å². The third-order valence-electron chi connectivity index (χ3n) is 3.80. The van der Waals surface area contributed by atoms with E-state index in [2.05, 4.69) is 15.4 Å². The van der Waals surface area contributed by atoms with Crippen molar-refractivity contribution < 1.29 is 9.53 Å². The summed E-state index contributed by atoms with van der Waals surface area (Å²) in [4.78, 5) is 16.3. The molecule has 2 aromatic heterocycles. The summed E-state index contributed by atoms with van der Waals surface area (Å²) in [5.41, 5.74) is 3.03. The minimum atomic E-state index is -0.257. The number of benzene rings is 1.